The average Bonchev–Trinajstić information content (AvgIpc) is 2.91. The zero-order valence-corrected chi connectivity index (χ0v) is 13.3. The van der Waals surface area contributed by atoms with E-state index in [4.69, 9.17) is 5.73 Å². The van der Waals surface area contributed by atoms with E-state index < -0.39 is 17.2 Å². The first kappa shape index (κ1) is 17.6. The number of halogens is 3. The Labute approximate surface area is 133 Å². The molecule has 1 aromatic rings. The minimum absolute atomic E-state index is 0.00257. The van der Waals surface area contributed by atoms with Gasteiger partial charge in [-0.3, -0.25) is 0 Å². The van der Waals surface area contributed by atoms with Crippen LogP contribution in [0.1, 0.15) is 31.4 Å². The number of nitrogens with zero attached hydrogens (tertiary/aromatic N) is 1. The molecule has 1 saturated heterocycles. The van der Waals surface area contributed by atoms with Crippen LogP contribution in [0, 0.1) is 0 Å². The molecule has 0 spiro atoms. The van der Waals surface area contributed by atoms with Gasteiger partial charge in [-0.25, -0.2) is 4.79 Å². The molecule has 1 aliphatic heterocycles. The van der Waals surface area contributed by atoms with E-state index in [0.29, 0.717) is 18.7 Å². The van der Waals surface area contributed by atoms with Gasteiger partial charge in [0.1, 0.15) is 0 Å². The summed E-state index contributed by atoms with van der Waals surface area (Å²) in [5, 5.41) is 2.79. The summed E-state index contributed by atoms with van der Waals surface area (Å²) in [5.74, 6) is 0. The van der Waals surface area contributed by atoms with E-state index in [9.17, 15) is 18.0 Å². The highest BCUT2D eigenvalue weighted by molar-refractivity contribution is 5.74. The molecule has 3 N–H and O–H groups in total. The van der Waals surface area contributed by atoms with Crippen LogP contribution in [0.3, 0.4) is 0 Å². The van der Waals surface area contributed by atoms with Crippen molar-refractivity contribution in [2.75, 3.05) is 19.6 Å². The van der Waals surface area contributed by atoms with Crippen LogP contribution in [0.25, 0.3) is 0 Å². The van der Waals surface area contributed by atoms with E-state index in [-0.39, 0.29) is 18.6 Å². The lowest BCUT2D eigenvalue weighted by Gasteiger charge is -2.28. The topological polar surface area (TPSA) is 58.4 Å². The molecule has 0 bridgehead atoms. The molecule has 2 rings (SSSR count). The molecule has 2 amide bonds. The van der Waals surface area contributed by atoms with Gasteiger partial charge in [0.05, 0.1) is 5.56 Å². The summed E-state index contributed by atoms with van der Waals surface area (Å²) in [7, 11) is 0. The minimum atomic E-state index is -4.37. The van der Waals surface area contributed by atoms with Crippen molar-refractivity contribution in [2.45, 2.75) is 37.9 Å². The van der Waals surface area contributed by atoms with Crippen molar-refractivity contribution in [1.82, 2.24) is 10.2 Å². The lowest BCUT2D eigenvalue weighted by molar-refractivity contribution is -0.137. The van der Waals surface area contributed by atoms with Crippen molar-refractivity contribution >= 4 is 6.03 Å². The third-order valence-corrected chi connectivity index (χ3v) is 4.16. The van der Waals surface area contributed by atoms with Gasteiger partial charge in [-0.15, -0.1) is 0 Å². The quantitative estimate of drug-likeness (QED) is 0.896. The fraction of sp³-hybridized carbons (Fsp3) is 0.562. The zero-order valence-electron chi connectivity index (χ0n) is 13.3. The van der Waals surface area contributed by atoms with Crippen molar-refractivity contribution in [3.05, 3.63) is 35.4 Å². The van der Waals surface area contributed by atoms with Gasteiger partial charge in [0.15, 0.2) is 0 Å². The van der Waals surface area contributed by atoms with Crippen LogP contribution < -0.4 is 11.1 Å². The molecule has 7 heteroatoms. The zero-order chi connectivity index (χ0) is 17.3. The summed E-state index contributed by atoms with van der Waals surface area (Å²) in [5.41, 5.74) is 5.01. The summed E-state index contributed by atoms with van der Waals surface area (Å²) in [6.45, 7) is 4.97. The van der Waals surface area contributed by atoms with Gasteiger partial charge >= 0.3 is 12.2 Å². The molecule has 0 aliphatic carbocycles. The molecule has 1 heterocycles. The Morgan fingerprint density at radius 3 is 2.57 bits per heavy atom. The number of likely N-dealkylation sites (tertiary alicyclic amines) is 1. The molecule has 128 valence electrons. The molecule has 0 radical (unpaired) electrons. The molecule has 1 fully saturated rings. The van der Waals surface area contributed by atoms with Gasteiger partial charge in [-0.05, 0) is 18.1 Å². The highest BCUT2D eigenvalue weighted by Crippen LogP contribution is 2.32. The molecule has 0 aromatic heterocycles. The van der Waals surface area contributed by atoms with E-state index in [1.807, 2.05) is 0 Å². The Morgan fingerprint density at radius 2 is 2.00 bits per heavy atom. The highest BCUT2D eigenvalue weighted by Gasteiger charge is 2.32. The van der Waals surface area contributed by atoms with E-state index in [1.54, 1.807) is 24.8 Å². The maximum absolute atomic E-state index is 12.8. The second-order valence-corrected chi connectivity index (χ2v) is 6.62. The summed E-state index contributed by atoms with van der Waals surface area (Å²) in [6.07, 6.45) is -3.61. The van der Waals surface area contributed by atoms with Crippen LogP contribution in [0.4, 0.5) is 18.0 Å². The second kappa shape index (κ2) is 6.39. The van der Waals surface area contributed by atoms with E-state index in [1.165, 1.54) is 6.07 Å². The third-order valence-electron chi connectivity index (χ3n) is 4.16. The van der Waals surface area contributed by atoms with Crippen LogP contribution in [0.15, 0.2) is 24.3 Å². The number of carbonyl (C=O) groups is 1. The number of nitrogens with one attached hydrogen (secondary N) is 1. The molecular formula is C16H22F3N3O. The Bertz CT molecular complexity index is 572. The molecular weight excluding hydrogens is 307 g/mol. The third kappa shape index (κ3) is 4.37. The molecule has 0 unspecified atom stereocenters. The monoisotopic (exact) mass is 329 g/mol. The number of amides is 2. The first-order chi connectivity index (χ1) is 10.6. The Hall–Kier alpha value is -1.76. The first-order valence-corrected chi connectivity index (χ1v) is 7.56. The van der Waals surface area contributed by atoms with Crippen molar-refractivity contribution in [2.24, 2.45) is 5.73 Å². The van der Waals surface area contributed by atoms with Crippen LogP contribution in [0.5, 0.6) is 0 Å². The number of hydrogen-bond acceptors (Lipinski definition) is 2. The van der Waals surface area contributed by atoms with Crippen LogP contribution >= 0.6 is 0 Å². The number of alkyl halides is 3. The van der Waals surface area contributed by atoms with Crippen molar-refractivity contribution in [3.63, 3.8) is 0 Å². The van der Waals surface area contributed by atoms with Crippen LogP contribution in [-0.2, 0) is 11.6 Å². The van der Waals surface area contributed by atoms with Gasteiger partial charge in [0.25, 0.3) is 0 Å². The van der Waals surface area contributed by atoms with Crippen molar-refractivity contribution in [3.8, 4) is 0 Å². The fourth-order valence-corrected chi connectivity index (χ4v) is 2.60. The van der Waals surface area contributed by atoms with Crippen molar-refractivity contribution in [1.29, 1.82) is 0 Å². The fourth-order valence-electron chi connectivity index (χ4n) is 2.60. The molecule has 0 saturated carbocycles. The van der Waals surface area contributed by atoms with E-state index in [0.717, 1.165) is 18.6 Å². The SMILES string of the molecule is CC(C)(CNC(=O)N1CC[C@H](N)C1)c1cccc(C(F)(F)F)c1. The van der Waals surface area contributed by atoms with Crippen LogP contribution in [-0.4, -0.2) is 36.6 Å². The Balaban J connectivity index is 2.02. The van der Waals surface area contributed by atoms with Gasteiger partial charge in [0, 0.05) is 31.1 Å². The molecule has 1 aromatic carbocycles. The maximum Gasteiger partial charge on any atom is 0.416 e. The molecule has 1 atom stereocenters. The number of nitrogens with two attached hydrogens (primary N) is 1. The molecule has 4 nitrogen and oxygen atoms in total. The predicted molar refractivity (Wildman–Crippen MR) is 82.0 cm³/mol. The summed E-state index contributed by atoms with van der Waals surface area (Å²) < 4.78 is 38.5. The summed E-state index contributed by atoms with van der Waals surface area (Å²) in [4.78, 5) is 13.7. The maximum atomic E-state index is 12.8. The summed E-state index contributed by atoms with van der Waals surface area (Å²) >= 11 is 0. The standard InChI is InChI=1S/C16H22F3N3O/c1-15(2,10-21-14(23)22-7-6-13(20)9-22)11-4-3-5-12(8-11)16(17,18)19/h3-5,8,13H,6-7,9-10,20H2,1-2H3,(H,21,23)/t13-/m0/s1. The van der Waals surface area contributed by atoms with E-state index >= 15 is 0 Å². The number of carbonyl (C=O) groups excluding carboxylic acids is 1. The van der Waals surface area contributed by atoms with Gasteiger partial charge < -0.3 is 16.0 Å². The van der Waals surface area contributed by atoms with Gasteiger partial charge in [-0.1, -0.05) is 32.0 Å². The van der Waals surface area contributed by atoms with E-state index in [2.05, 4.69) is 5.32 Å². The van der Waals surface area contributed by atoms with Gasteiger partial charge in [-0.2, -0.15) is 13.2 Å². The first-order valence-electron chi connectivity index (χ1n) is 7.56. The average molecular weight is 329 g/mol. The van der Waals surface area contributed by atoms with Crippen LogP contribution in [0.2, 0.25) is 0 Å². The number of urea groups is 1. The Kier molecular flexibility index (Phi) is 4.89. The lowest BCUT2D eigenvalue weighted by atomic mass is 9.84. The number of hydrogen-bond donors (Lipinski definition) is 2. The molecule has 23 heavy (non-hydrogen) atoms. The number of rotatable bonds is 3. The second-order valence-electron chi connectivity index (χ2n) is 6.62. The molecule has 1 aliphatic rings. The van der Waals surface area contributed by atoms with Crippen molar-refractivity contribution < 1.29 is 18.0 Å². The summed E-state index contributed by atoms with van der Waals surface area (Å²) in [6, 6.07) is 4.99. The number of benzene rings is 1. The predicted octanol–water partition coefficient (Wildman–Crippen LogP) is 2.73. The normalized spacial score (nSPS) is 19.0. The highest BCUT2D eigenvalue weighted by atomic mass is 19.4. The minimum Gasteiger partial charge on any atom is -0.337 e. The Morgan fingerprint density at radius 1 is 1.35 bits per heavy atom. The van der Waals surface area contributed by atoms with Gasteiger partial charge in [0.2, 0.25) is 0 Å². The lowest BCUT2D eigenvalue weighted by Crippen LogP contribution is -2.44. The smallest absolute Gasteiger partial charge is 0.337 e. The largest absolute Gasteiger partial charge is 0.416 e.